The van der Waals surface area contributed by atoms with Crippen LogP contribution in [0.5, 0.6) is 5.75 Å². The van der Waals surface area contributed by atoms with E-state index < -0.39 is 18.5 Å². The van der Waals surface area contributed by atoms with Gasteiger partial charge in [0.2, 0.25) is 0 Å². The number of alkyl halides is 3. The Labute approximate surface area is 95.5 Å². The lowest BCUT2D eigenvalue weighted by Gasteiger charge is -2.08. The maximum atomic E-state index is 11.8. The Kier molecular flexibility index (Phi) is 4.30. The average Bonchev–Trinajstić information content (AvgIpc) is 2.23. The number of halogens is 3. The lowest BCUT2D eigenvalue weighted by atomic mass is 10.2. The van der Waals surface area contributed by atoms with E-state index in [-0.39, 0.29) is 24.3 Å². The van der Waals surface area contributed by atoms with Crippen molar-refractivity contribution in [3.05, 3.63) is 24.0 Å². The summed E-state index contributed by atoms with van der Waals surface area (Å²) in [5.41, 5.74) is -0.00740. The maximum absolute atomic E-state index is 11.8. The molecule has 1 heterocycles. The molecule has 1 amide bonds. The molecule has 0 atom stereocenters. The van der Waals surface area contributed by atoms with Crippen LogP contribution in [-0.2, 0) is 0 Å². The van der Waals surface area contributed by atoms with Gasteiger partial charge >= 0.3 is 6.18 Å². The van der Waals surface area contributed by atoms with Gasteiger partial charge in [0, 0.05) is 19.2 Å². The molecule has 0 radical (unpaired) electrons. The molecule has 0 aliphatic heterocycles. The predicted molar refractivity (Wildman–Crippen MR) is 53.5 cm³/mol. The molecule has 17 heavy (non-hydrogen) atoms. The van der Waals surface area contributed by atoms with Crippen molar-refractivity contribution in [2.75, 3.05) is 6.54 Å². The highest BCUT2D eigenvalue weighted by atomic mass is 19.4. The van der Waals surface area contributed by atoms with E-state index in [4.69, 9.17) is 0 Å². The van der Waals surface area contributed by atoms with Crippen LogP contribution in [-0.4, -0.2) is 28.7 Å². The van der Waals surface area contributed by atoms with Gasteiger partial charge in [-0.1, -0.05) is 0 Å². The van der Waals surface area contributed by atoms with Crippen molar-refractivity contribution >= 4 is 5.91 Å². The molecule has 4 nitrogen and oxygen atoms in total. The van der Waals surface area contributed by atoms with E-state index in [2.05, 4.69) is 10.3 Å². The molecule has 7 heteroatoms. The molecule has 1 aromatic heterocycles. The number of amides is 1. The minimum atomic E-state index is -4.22. The number of nitrogens with zero attached hydrogens (tertiary/aromatic N) is 1. The van der Waals surface area contributed by atoms with Crippen LogP contribution in [0.3, 0.4) is 0 Å². The van der Waals surface area contributed by atoms with Crippen molar-refractivity contribution in [2.45, 2.75) is 19.0 Å². The summed E-state index contributed by atoms with van der Waals surface area (Å²) in [7, 11) is 0. The summed E-state index contributed by atoms with van der Waals surface area (Å²) < 4.78 is 35.4. The van der Waals surface area contributed by atoms with E-state index in [1.165, 1.54) is 12.3 Å². The molecule has 0 spiro atoms. The monoisotopic (exact) mass is 248 g/mol. The summed E-state index contributed by atoms with van der Waals surface area (Å²) in [6.45, 7) is -0.0971. The molecular formula is C10H11F3N2O2. The van der Waals surface area contributed by atoms with Crippen LogP contribution in [0.2, 0.25) is 0 Å². The van der Waals surface area contributed by atoms with Gasteiger partial charge in [-0.15, -0.1) is 0 Å². The van der Waals surface area contributed by atoms with Crippen LogP contribution < -0.4 is 5.32 Å². The van der Waals surface area contributed by atoms with Gasteiger partial charge in [0.1, 0.15) is 5.75 Å². The second-order valence-electron chi connectivity index (χ2n) is 3.37. The number of carbonyl (C=O) groups excluding carboxylic acids is 1. The summed E-state index contributed by atoms with van der Waals surface area (Å²) in [4.78, 5) is 15.0. The second kappa shape index (κ2) is 5.51. The number of hydrogen-bond donors (Lipinski definition) is 2. The Morgan fingerprint density at radius 2 is 2.18 bits per heavy atom. The third-order valence-electron chi connectivity index (χ3n) is 1.97. The van der Waals surface area contributed by atoms with Crippen molar-refractivity contribution in [1.82, 2.24) is 10.3 Å². The third-order valence-corrected chi connectivity index (χ3v) is 1.97. The van der Waals surface area contributed by atoms with Gasteiger partial charge < -0.3 is 10.4 Å². The van der Waals surface area contributed by atoms with E-state index in [0.29, 0.717) is 0 Å². The highest BCUT2D eigenvalue weighted by molar-refractivity contribution is 5.96. The molecule has 0 bridgehead atoms. The molecule has 0 saturated carbocycles. The summed E-state index contributed by atoms with van der Waals surface area (Å²) in [6, 6.07) is 1.29. The minimum Gasteiger partial charge on any atom is -0.505 e. The zero-order chi connectivity index (χ0) is 12.9. The van der Waals surface area contributed by atoms with E-state index >= 15 is 0 Å². The molecular weight excluding hydrogens is 237 g/mol. The Morgan fingerprint density at radius 3 is 2.76 bits per heavy atom. The molecule has 94 valence electrons. The first-order chi connectivity index (χ1) is 7.90. The number of carbonyl (C=O) groups is 1. The fourth-order valence-corrected chi connectivity index (χ4v) is 1.16. The molecule has 0 saturated heterocycles. The van der Waals surface area contributed by atoms with Crippen molar-refractivity contribution in [3.8, 4) is 5.75 Å². The summed E-state index contributed by atoms with van der Waals surface area (Å²) in [5.74, 6) is -0.923. The van der Waals surface area contributed by atoms with Gasteiger partial charge in [-0.3, -0.25) is 9.78 Å². The SMILES string of the molecule is O=C(NCCCC(F)(F)F)c1ccncc1O. The molecule has 0 aliphatic rings. The van der Waals surface area contributed by atoms with Gasteiger partial charge in [-0.05, 0) is 12.5 Å². The zero-order valence-electron chi connectivity index (χ0n) is 8.79. The Hall–Kier alpha value is -1.79. The van der Waals surface area contributed by atoms with E-state index in [9.17, 15) is 23.1 Å². The fraction of sp³-hybridized carbons (Fsp3) is 0.400. The largest absolute Gasteiger partial charge is 0.505 e. The number of nitrogens with one attached hydrogen (secondary N) is 1. The topological polar surface area (TPSA) is 62.2 Å². The number of aromatic nitrogens is 1. The highest BCUT2D eigenvalue weighted by Gasteiger charge is 2.26. The van der Waals surface area contributed by atoms with Gasteiger partial charge in [0.05, 0.1) is 11.8 Å². The fourth-order valence-electron chi connectivity index (χ4n) is 1.16. The molecule has 2 N–H and O–H groups in total. The Balaban J connectivity index is 2.39. The van der Waals surface area contributed by atoms with Crippen LogP contribution in [0.4, 0.5) is 13.2 Å². The smallest absolute Gasteiger partial charge is 0.389 e. The molecule has 0 unspecified atom stereocenters. The van der Waals surface area contributed by atoms with Crippen LogP contribution >= 0.6 is 0 Å². The van der Waals surface area contributed by atoms with Crippen LogP contribution in [0, 0.1) is 0 Å². The lowest BCUT2D eigenvalue weighted by molar-refractivity contribution is -0.135. The maximum Gasteiger partial charge on any atom is 0.389 e. The standard InChI is InChI=1S/C10H11F3N2O2/c11-10(12,13)3-1-4-15-9(17)7-2-5-14-6-8(7)16/h2,5-6,16H,1,3-4H2,(H,15,17). The normalized spacial score (nSPS) is 11.2. The van der Waals surface area contributed by atoms with Crippen molar-refractivity contribution in [3.63, 3.8) is 0 Å². The van der Waals surface area contributed by atoms with E-state index in [1.54, 1.807) is 0 Å². The third kappa shape index (κ3) is 4.71. The quantitative estimate of drug-likeness (QED) is 0.799. The first-order valence-electron chi connectivity index (χ1n) is 4.88. The lowest BCUT2D eigenvalue weighted by Crippen LogP contribution is -2.25. The zero-order valence-corrected chi connectivity index (χ0v) is 8.79. The number of aromatic hydroxyl groups is 1. The summed E-state index contributed by atoms with van der Waals surface area (Å²) in [6.07, 6.45) is -2.96. The van der Waals surface area contributed by atoms with Crippen LogP contribution in [0.1, 0.15) is 23.2 Å². The number of hydrogen-bond acceptors (Lipinski definition) is 3. The van der Waals surface area contributed by atoms with Gasteiger partial charge in [-0.25, -0.2) is 0 Å². The molecule has 1 aromatic rings. The van der Waals surface area contributed by atoms with Gasteiger partial charge in [0.15, 0.2) is 0 Å². The summed E-state index contributed by atoms with van der Waals surface area (Å²) >= 11 is 0. The molecule has 1 rings (SSSR count). The summed E-state index contributed by atoms with van der Waals surface area (Å²) in [5, 5.41) is 11.5. The Morgan fingerprint density at radius 1 is 1.47 bits per heavy atom. The Bertz CT molecular complexity index is 393. The average molecular weight is 248 g/mol. The van der Waals surface area contributed by atoms with Gasteiger partial charge in [-0.2, -0.15) is 13.2 Å². The van der Waals surface area contributed by atoms with Crippen LogP contribution in [0.25, 0.3) is 0 Å². The van der Waals surface area contributed by atoms with Crippen molar-refractivity contribution in [1.29, 1.82) is 0 Å². The number of pyridine rings is 1. The second-order valence-corrected chi connectivity index (χ2v) is 3.37. The van der Waals surface area contributed by atoms with E-state index in [1.807, 2.05) is 0 Å². The number of rotatable bonds is 4. The first kappa shape index (κ1) is 13.3. The van der Waals surface area contributed by atoms with Crippen molar-refractivity contribution in [2.24, 2.45) is 0 Å². The van der Waals surface area contributed by atoms with Crippen molar-refractivity contribution < 1.29 is 23.1 Å². The first-order valence-corrected chi connectivity index (χ1v) is 4.88. The highest BCUT2D eigenvalue weighted by Crippen LogP contribution is 2.20. The minimum absolute atomic E-state index is 0.00740. The molecule has 0 fully saturated rings. The van der Waals surface area contributed by atoms with E-state index in [0.717, 1.165) is 6.20 Å². The molecule has 0 aromatic carbocycles. The predicted octanol–water partition coefficient (Wildman–Crippen LogP) is 1.86. The van der Waals surface area contributed by atoms with Crippen LogP contribution in [0.15, 0.2) is 18.5 Å². The molecule has 0 aliphatic carbocycles. The van der Waals surface area contributed by atoms with Gasteiger partial charge in [0.25, 0.3) is 5.91 Å².